The van der Waals surface area contributed by atoms with Crippen molar-refractivity contribution < 1.29 is 9.31 Å². The van der Waals surface area contributed by atoms with Crippen LogP contribution in [0.1, 0.15) is 43.7 Å². The van der Waals surface area contributed by atoms with Gasteiger partial charge >= 0.3 is 0 Å². The first-order chi connectivity index (χ1) is 11.2. The zero-order valence-corrected chi connectivity index (χ0v) is 13.3. The molecule has 3 rings (SSSR count). The number of nitrogens with zero attached hydrogens (tertiary/aromatic N) is 2. The fourth-order valence-electron chi connectivity index (χ4n) is 4.09. The molecular formula is C17H24FN3O2. The predicted octanol–water partition coefficient (Wildman–Crippen LogP) is 3.26. The third kappa shape index (κ3) is 3.70. The molecule has 0 radical (unpaired) electrons. The minimum absolute atomic E-state index is 0.0477. The highest BCUT2D eigenvalue weighted by Crippen LogP contribution is 2.41. The van der Waals surface area contributed by atoms with Gasteiger partial charge in [-0.1, -0.05) is 19.3 Å². The maximum absolute atomic E-state index is 13.9. The van der Waals surface area contributed by atoms with Crippen LogP contribution in [0.15, 0.2) is 18.2 Å². The Kier molecular flexibility index (Phi) is 5.23. The molecule has 1 aliphatic heterocycles. The monoisotopic (exact) mass is 321 g/mol. The first-order valence-corrected chi connectivity index (χ1v) is 8.55. The van der Waals surface area contributed by atoms with E-state index in [9.17, 15) is 14.5 Å². The van der Waals surface area contributed by atoms with Gasteiger partial charge in [0.05, 0.1) is 10.5 Å². The Morgan fingerprint density at radius 2 is 1.91 bits per heavy atom. The van der Waals surface area contributed by atoms with Gasteiger partial charge in [-0.3, -0.25) is 15.0 Å². The molecule has 1 heterocycles. The lowest BCUT2D eigenvalue weighted by molar-refractivity contribution is -0.386. The van der Waals surface area contributed by atoms with Crippen LogP contribution in [-0.4, -0.2) is 36.0 Å². The molecule has 126 valence electrons. The molecule has 2 fully saturated rings. The zero-order valence-electron chi connectivity index (χ0n) is 13.3. The number of nitro benzene ring substituents is 1. The van der Waals surface area contributed by atoms with Crippen LogP contribution in [0.3, 0.4) is 0 Å². The van der Waals surface area contributed by atoms with Crippen LogP contribution in [0.4, 0.5) is 10.1 Å². The lowest BCUT2D eigenvalue weighted by Gasteiger charge is -2.40. The molecule has 1 saturated heterocycles. The molecule has 0 amide bonds. The smallest absolute Gasteiger partial charge is 0.274 e. The van der Waals surface area contributed by atoms with Gasteiger partial charge in [-0.05, 0) is 30.9 Å². The summed E-state index contributed by atoms with van der Waals surface area (Å²) < 4.78 is 13.9. The zero-order chi connectivity index (χ0) is 16.2. The highest BCUT2D eigenvalue weighted by molar-refractivity contribution is 5.43. The van der Waals surface area contributed by atoms with Gasteiger partial charge in [0.1, 0.15) is 5.82 Å². The number of nitro groups is 1. The maximum atomic E-state index is 13.9. The van der Waals surface area contributed by atoms with Crippen molar-refractivity contribution in [3.05, 3.63) is 39.7 Å². The predicted molar refractivity (Wildman–Crippen MR) is 86.8 cm³/mol. The first-order valence-electron chi connectivity index (χ1n) is 8.55. The minimum Gasteiger partial charge on any atom is -0.314 e. The Morgan fingerprint density at radius 3 is 2.57 bits per heavy atom. The van der Waals surface area contributed by atoms with E-state index in [4.69, 9.17) is 0 Å². The Morgan fingerprint density at radius 1 is 1.22 bits per heavy atom. The third-order valence-electron chi connectivity index (χ3n) is 5.15. The van der Waals surface area contributed by atoms with Crippen molar-refractivity contribution in [1.82, 2.24) is 10.2 Å². The van der Waals surface area contributed by atoms with Crippen LogP contribution in [0, 0.1) is 21.8 Å². The number of piperazine rings is 1. The fraction of sp³-hybridized carbons (Fsp3) is 0.647. The van der Waals surface area contributed by atoms with Gasteiger partial charge in [0.15, 0.2) is 0 Å². The van der Waals surface area contributed by atoms with Gasteiger partial charge in [0.2, 0.25) is 0 Å². The number of hydrogen-bond donors (Lipinski definition) is 1. The summed E-state index contributed by atoms with van der Waals surface area (Å²) in [6, 6.07) is 3.85. The van der Waals surface area contributed by atoms with Gasteiger partial charge in [0.25, 0.3) is 5.69 Å². The van der Waals surface area contributed by atoms with E-state index < -0.39 is 0 Å². The van der Waals surface area contributed by atoms with Gasteiger partial charge < -0.3 is 5.32 Å². The van der Waals surface area contributed by atoms with Crippen molar-refractivity contribution in [3.8, 4) is 0 Å². The average Bonchev–Trinajstić information content (AvgIpc) is 2.57. The van der Waals surface area contributed by atoms with E-state index in [0.717, 1.165) is 51.9 Å². The number of benzene rings is 1. The summed E-state index contributed by atoms with van der Waals surface area (Å²) in [5, 5.41) is 14.8. The second kappa shape index (κ2) is 7.36. The Hall–Kier alpha value is -1.53. The van der Waals surface area contributed by atoms with Crippen LogP contribution in [0.2, 0.25) is 0 Å². The molecule has 0 spiro atoms. The van der Waals surface area contributed by atoms with Gasteiger partial charge in [0, 0.05) is 38.3 Å². The van der Waals surface area contributed by atoms with Crippen molar-refractivity contribution in [3.63, 3.8) is 0 Å². The molecular weight excluding hydrogens is 297 g/mol. The molecule has 1 aliphatic carbocycles. The van der Waals surface area contributed by atoms with E-state index in [1.54, 1.807) is 0 Å². The highest BCUT2D eigenvalue weighted by Gasteiger charge is 2.35. The number of halogens is 1. The third-order valence-corrected chi connectivity index (χ3v) is 5.15. The molecule has 1 atom stereocenters. The molecule has 1 aromatic carbocycles. The summed E-state index contributed by atoms with van der Waals surface area (Å²) in [4.78, 5) is 13.4. The lowest BCUT2D eigenvalue weighted by atomic mass is 9.79. The van der Waals surface area contributed by atoms with Crippen LogP contribution >= 0.6 is 0 Å². The topological polar surface area (TPSA) is 58.4 Å². The van der Waals surface area contributed by atoms with Crippen molar-refractivity contribution >= 4 is 5.69 Å². The summed E-state index contributed by atoms with van der Waals surface area (Å²) in [6.07, 6.45) is 5.70. The minimum atomic E-state index is -0.387. The molecule has 2 aliphatic rings. The second-order valence-corrected chi connectivity index (χ2v) is 6.59. The van der Waals surface area contributed by atoms with Crippen LogP contribution in [0.5, 0.6) is 0 Å². The molecule has 6 heteroatoms. The van der Waals surface area contributed by atoms with E-state index in [2.05, 4.69) is 10.2 Å². The summed E-state index contributed by atoms with van der Waals surface area (Å²) in [5.74, 6) is -0.0103. The van der Waals surface area contributed by atoms with E-state index in [1.165, 1.54) is 24.6 Å². The summed E-state index contributed by atoms with van der Waals surface area (Å²) in [6.45, 7) is 3.47. The second-order valence-electron chi connectivity index (χ2n) is 6.59. The normalized spacial score (nSPS) is 22.0. The molecule has 1 aromatic rings. The van der Waals surface area contributed by atoms with Crippen LogP contribution < -0.4 is 5.32 Å². The van der Waals surface area contributed by atoms with Crippen molar-refractivity contribution in [2.24, 2.45) is 5.92 Å². The lowest BCUT2D eigenvalue weighted by Crippen LogP contribution is -2.47. The van der Waals surface area contributed by atoms with Gasteiger partial charge in [-0.15, -0.1) is 0 Å². The summed E-state index contributed by atoms with van der Waals surface area (Å²) in [5.41, 5.74) is 0.615. The largest absolute Gasteiger partial charge is 0.314 e. The van der Waals surface area contributed by atoms with Crippen LogP contribution in [0.25, 0.3) is 0 Å². The SMILES string of the molecule is O=[N+]([O-])c1ccc(F)cc1[C@H](C1CCCCC1)N1CCNCC1. The molecule has 0 unspecified atom stereocenters. The van der Waals surface area contributed by atoms with E-state index in [1.807, 2.05) is 0 Å². The maximum Gasteiger partial charge on any atom is 0.274 e. The highest BCUT2D eigenvalue weighted by atomic mass is 19.1. The van der Waals surface area contributed by atoms with E-state index in [0.29, 0.717) is 11.5 Å². The number of hydrogen-bond acceptors (Lipinski definition) is 4. The Labute approximate surface area is 136 Å². The number of rotatable bonds is 4. The van der Waals surface area contributed by atoms with Crippen molar-refractivity contribution in [2.75, 3.05) is 26.2 Å². The first kappa shape index (κ1) is 16.3. The standard InChI is InChI=1S/C17H24FN3O2/c18-14-6-7-16(21(22)23)15(12-14)17(13-4-2-1-3-5-13)20-10-8-19-9-11-20/h6-7,12-13,17,19H,1-5,8-11H2/t17-/m0/s1. The molecule has 1 N–H and O–H groups in total. The quantitative estimate of drug-likeness (QED) is 0.683. The molecule has 5 nitrogen and oxygen atoms in total. The molecule has 23 heavy (non-hydrogen) atoms. The van der Waals surface area contributed by atoms with Crippen LogP contribution in [-0.2, 0) is 0 Å². The Bertz CT molecular complexity index is 537. The van der Waals surface area contributed by atoms with Crippen molar-refractivity contribution in [2.45, 2.75) is 38.1 Å². The molecule has 1 saturated carbocycles. The van der Waals surface area contributed by atoms with Crippen molar-refractivity contribution in [1.29, 1.82) is 0 Å². The molecule has 0 aromatic heterocycles. The summed E-state index contributed by atoms with van der Waals surface area (Å²) >= 11 is 0. The number of nitrogens with one attached hydrogen (secondary N) is 1. The van der Waals surface area contributed by atoms with E-state index >= 15 is 0 Å². The Balaban J connectivity index is 1.99. The fourth-order valence-corrected chi connectivity index (χ4v) is 4.09. The van der Waals surface area contributed by atoms with E-state index in [-0.39, 0.29) is 22.5 Å². The molecule has 0 bridgehead atoms. The average molecular weight is 321 g/mol. The van der Waals surface area contributed by atoms with Gasteiger partial charge in [-0.2, -0.15) is 0 Å². The van der Waals surface area contributed by atoms with Gasteiger partial charge in [-0.25, -0.2) is 4.39 Å². The summed E-state index contributed by atoms with van der Waals surface area (Å²) in [7, 11) is 0.